The molecule has 0 aliphatic rings. The molecule has 0 unspecified atom stereocenters. The van der Waals surface area contributed by atoms with Crippen LogP contribution in [0.5, 0.6) is 0 Å². The number of hydrogen-bond donors (Lipinski definition) is 1. The molecule has 2 aromatic carbocycles. The average molecular weight is 338 g/mol. The smallest absolute Gasteiger partial charge is 0.168 e. The molecule has 0 saturated carbocycles. The van der Waals surface area contributed by atoms with Crippen LogP contribution >= 0.6 is 11.8 Å². The van der Waals surface area contributed by atoms with E-state index in [1.54, 1.807) is 18.0 Å². The van der Waals surface area contributed by atoms with Gasteiger partial charge in [0.1, 0.15) is 0 Å². The maximum Gasteiger partial charge on any atom is 0.168 e. The number of imidazole rings is 1. The fourth-order valence-corrected chi connectivity index (χ4v) is 3.57. The summed E-state index contributed by atoms with van der Waals surface area (Å²) in [5.41, 5.74) is 4.67. The van der Waals surface area contributed by atoms with Crippen molar-refractivity contribution >= 4 is 11.8 Å². The van der Waals surface area contributed by atoms with E-state index in [-0.39, 0.29) is 6.61 Å². The number of aliphatic hydroxyl groups is 1. The second-order valence-corrected chi connectivity index (χ2v) is 6.91. The third-order valence-electron chi connectivity index (χ3n) is 3.99. The van der Waals surface area contributed by atoms with Gasteiger partial charge in [-0.05, 0) is 24.5 Å². The van der Waals surface area contributed by atoms with E-state index < -0.39 is 0 Å². The summed E-state index contributed by atoms with van der Waals surface area (Å²) in [6.07, 6.45) is 2.79. The normalized spacial score (nSPS) is 10.9. The summed E-state index contributed by atoms with van der Waals surface area (Å²) >= 11 is 1.74. The van der Waals surface area contributed by atoms with Crippen molar-refractivity contribution in [1.29, 1.82) is 0 Å². The highest BCUT2D eigenvalue weighted by Gasteiger charge is 2.10. The van der Waals surface area contributed by atoms with Gasteiger partial charge in [-0.25, -0.2) is 4.98 Å². The number of aryl methyl sites for hydroxylation is 2. The lowest BCUT2D eigenvalue weighted by Gasteiger charge is -2.11. The molecular weight excluding hydrogens is 316 g/mol. The molecule has 0 aliphatic carbocycles. The maximum absolute atomic E-state index is 9.59. The molecular formula is C20H22N2OS. The molecule has 1 N–H and O–H groups in total. The molecule has 124 valence electrons. The Hall–Kier alpha value is -2.04. The van der Waals surface area contributed by atoms with Crippen molar-refractivity contribution in [2.75, 3.05) is 5.75 Å². The van der Waals surface area contributed by atoms with Gasteiger partial charge in [0.15, 0.2) is 5.16 Å². The van der Waals surface area contributed by atoms with Crippen LogP contribution in [0.15, 0.2) is 66.0 Å². The van der Waals surface area contributed by atoms with Crippen molar-refractivity contribution in [3.63, 3.8) is 0 Å². The third-order valence-corrected chi connectivity index (χ3v) is 4.98. The summed E-state index contributed by atoms with van der Waals surface area (Å²) in [6, 6.07) is 19.0. The second-order valence-electron chi connectivity index (χ2n) is 5.85. The van der Waals surface area contributed by atoms with Crippen molar-refractivity contribution in [2.45, 2.75) is 31.7 Å². The molecule has 0 aliphatic heterocycles. The van der Waals surface area contributed by atoms with E-state index in [0.717, 1.165) is 29.6 Å². The second kappa shape index (κ2) is 8.18. The fourth-order valence-electron chi connectivity index (χ4n) is 2.58. The highest BCUT2D eigenvalue weighted by molar-refractivity contribution is 7.99. The number of aliphatic hydroxyl groups excluding tert-OH is 1. The molecule has 24 heavy (non-hydrogen) atoms. The zero-order valence-electron chi connectivity index (χ0n) is 13.9. The van der Waals surface area contributed by atoms with Gasteiger partial charge in [-0.1, -0.05) is 71.9 Å². The lowest BCUT2D eigenvalue weighted by Crippen LogP contribution is -2.06. The van der Waals surface area contributed by atoms with E-state index >= 15 is 0 Å². The molecule has 3 aromatic rings. The van der Waals surface area contributed by atoms with Gasteiger partial charge >= 0.3 is 0 Å². The average Bonchev–Trinajstić information content (AvgIpc) is 3.00. The topological polar surface area (TPSA) is 38.0 Å². The van der Waals surface area contributed by atoms with Gasteiger partial charge in [0.25, 0.3) is 0 Å². The van der Waals surface area contributed by atoms with Crippen LogP contribution in [0.25, 0.3) is 0 Å². The van der Waals surface area contributed by atoms with E-state index in [2.05, 4.69) is 65.0 Å². The van der Waals surface area contributed by atoms with Gasteiger partial charge in [-0.15, -0.1) is 0 Å². The van der Waals surface area contributed by atoms with Gasteiger partial charge in [0.05, 0.1) is 18.5 Å². The Morgan fingerprint density at radius 1 is 1.00 bits per heavy atom. The Labute approximate surface area is 147 Å². The molecule has 0 atom stereocenters. The van der Waals surface area contributed by atoms with Gasteiger partial charge in [-0.2, -0.15) is 0 Å². The highest BCUT2D eigenvalue weighted by Crippen LogP contribution is 2.21. The van der Waals surface area contributed by atoms with Crippen LogP contribution in [0.4, 0.5) is 0 Å². The minimum absolute atomic E-state index is 0.0120. The maximum atomic E-state index is 9.59. The molecule has 0 spiro atoms. The van der Waals surface area contributed by atoms with Crippen molar-refractivity contribution in [3.8, 4) is 0 Å². The first-order chi connectivity index (χ1) is 11.8. The lowest BCUT2D eigenvalue weighted by molar-refractivity contribution is 0.270. The van der Waals surface area contributed by atoms with Crippen molar-refractivity contribution < 1.29 is 5.11 Å². The number of nitrogens with zero attached hydrogens (tertiary/aromatic N) is 2. The minimum Gasteiger partial charge on any atom is -0.390 e. The fraction of sp³-hybridized carbons (Fsp3) is 0.250. The van der Waals surface area contributed by atoms with Crippen LogP contribution in [-0.2, 0) is 19.6 Å². The van der Waals surface area contributed by atoms with Crippen LogP contribution in [-0.4, -0.2) is 20.4 Å². The quantitative estimate of drug-likeness (QED) is 0.660. The van der Waals surface area contributed by atoms with Crippen LogP contribution < -0.4 is 0 Å². The molecule has 0 fully saturated rings. The summed E-state index contributed by atoms with van der Waals surface area (Å²) in [5.74, 6) is 0.972. The molecule has 1 aromatic heterocycles. The van der Waals surface area contributed by atoms with Crippen molar-refractivity contribution in [3.05, 3.63) is 83.2 Å². The monoisotopic (exact) mass is 338 g/mol. The van der Waals surface area contributed by atoms with E-state index in [1.165, 1.54) is 16.7 Å². The SMILES string of the molecule is Cc1ccc(Cn2c(CO)cnc2SCCc2ccccc2)cc1. The summed E-state index contributed by atoms with van der Waals surface area (Å²) < 4.78 is 2.11. The van der Waals surface area contributed by atoms with Crippen molar-refractivity contribution in [1.82, 2.24) is 9.55 Å². The van der Waals surface area contributed by atoms with Gasteiger partial charge < -0.3 is 9.67 Å². The molecule has 4 heteroatoms. The number of rotatable bonds is 7. The van der Waals surface area contributed by atoms with Crippen molar-refractivity contribution in [2.24, 2.45) is 0 Å². The lowest BCUT2D eigenvalue weighted by atomic mass is 10.1. The van der Waals surface area contributed by atoms with E-state index in [4.69, 9.17) is 0 Å². The zero-order valence-corrected chi connectivity index (χ0v) is 14.7. The van der Waals surface area contributed by atoms with Gasteiger partial charge in [-0.3, -0.25) is 0 Å². The Bertz CT molecular complexity index is 766. The Morgan fingerprint density at radius 3 is 2.46 bits per heavy atom. The summed E-state index contributed by atoms with van der Waals surface area (Å²) in [5, 5.41) is 10.6. The van der Waals surface area contributed by atoms with Gasteiger partial charge in [0, 0.05) is 12.3 Å². The number of thioether (sulfide) groups is 1. The molecule has 3 nitrogen and oxygen atoms in total. The van der Waals surface area contributed by atoms with E-state index in [1.807, 2.05) is 6.07 Å². The van der Waals surface area contributed by atoms with Crippen LogP contribution in [0, 0.1) is 6.92 Å². The summed E-state index contributed by atoms with van der Waals surface area (Å²) in [4.78, 5) is 4.50. The number of benzene rings is 2. The predicted molar refractivity (Wildman–Crippen MR) is 99.3 cm³/mol. The van der Waals surface area contributed by atoms with E-state index in [9.17, 15) is 5.11 Å². The number of aromatic nitrogens is 2. The molecule has 0 saturated heterocycles. The first-order valence-electron chi connectivity index (χ1n) is 8.14. The Morgan fingerprint density at radius 2 is 1.75 bits per heavy atom. The first kappa shape index (κ1) is 16.8. The highest BCUT2D eigenvalue weighted by atomic mass is 32.2. The Balaban J connectivity index is 1.69. The summed E-state index contributed by atoms with van der Waals surface area (Å²) in [7, 11) is 0. The molecule has 0 amide bonds. The first-order valence-corrected chi connectivity index (χ1v) is 9.12. The predicted octanol–water partition coefficient (Wildman–Crippen LogP) is 4.07. The van der Waals surface area contributed by atoms with Crippen LogP contribution in [0.2, 0.25) is 0 Å². The zero-order chi connectivity index (χ0) is 16.8. The molecule has 0 bridgehead atoms. The molecule has 3 rings (SSSR count). The van der Waals surface area contributed by atoms with E-state index in [0.29, 0.717) is 0 Å². The minimum atomic E-state index is 0.0120. The largest absolute Gasteiger partial charge is 0.390 e. The van der Waals surface area contributed by atoms with Crippen LogP contribution in [0.3, 0.4) is 0 Å². The summed E-state index contributed by atoms with van der Waals surface area (Å²) in [6.45, 7) is 2.84. The standard InChI is InChI=1S/C20H22N2OS/c1-16-7-9-18(10-8-16)14-22-19(15-23)13-21-20(22)24-12-11-17-5-3-2-4-6-17/h2-10,13,23H,11-12,14-15H2,1H3. The molecule has 1 heterocycles. The number of hydrogen-bond acceptors (Lipinski definition) is 3. The Kier molecular flexibility index (Phi) is 5.72. The third kappa shape index (κ3) is 4.28. The molecule has 0 radical (unpaired) electrons. The van der Waals surface area contributed by atoms with Crippen LogP contribution in [0.1, 0.15) is 22.4 Å². The van der Waals surface area contributed by atoms with Gasteiger partial charge in [0.2, 0.25) is 0 Å².